The van der Waals surface area contributed by atoms with E-state index in [0.717, 1.165) is 16.8 Å². The van der Waals surface area contributed by atoms with Gasteiger partial charge < -0.3 is 10.3 Å². The number of H-pyrrole nitrogens is 1. The van der Waals surface area contributed by atoms with E-state index in [1.165, 1.54) is 42.5 Å². The Morgan fingerprint density at radius 3 is 2.42 bits per heavy atom. The molecule has 3 rings (SSSR count). The number of hydrogen-bond donors (Lipinski definition) is 2. The molecular weight excluding hydrogens is 344 g/mol. The van der Waals surface area contributed by atoms with E-state index >= 15 is 0 Å². The van der Waals surface area contributed by atoms with Crippen LogP contribution in [0, 0.1) is 11.6 Å². The number of nitrogens with one attached hydrogen (secondary N) is 2. The van der Waals surface area contributed by atoms with Gasteiger partial charge in [0, 0.05) is 6.20 Å². The fraction of sp³-hybridized carbons (Fsp3) is 0.0556. The molecule has 6 nitrogen and oxygen atoms in total. The Balaban J connectivity index is 1.93. The van der Waals surface area contributed by atoms with E-state index in [-0.39, 0.29) is 17.8 Å². The van der Waals surface area contributed by atoms with Gasteiger partial charge in [0.2, 0.25) is 0 Å². The predicted octanol–water partition coefficient (Wildman–Crippen LogP) is 2.12. The van der Waals surface area contributed by atoms with Gasteiger partial charge in [-0.25, -0.2) is 13.6 Å². The third-order valence-corrected chi connectivity index (χ3v) is 3.68. The molecule has 3 aromatic rings. The minimum atomic E-state index is -0.857. The quantitative estimate of drug-likeness (QED) is 0.750. The van der Waals surface area contributed by atoms with E-state index < -0.39 is 28.8 Å². The predicted molar refractivity (Wildman–Crippen MR) is 91.2 cm³/mol. The summed E-state index contributed by atoms with van der Waals surface area (Å²) in [4.78, 5) is 39.0. The van der Waals surface area contributed by atoms with E-state index in [9.17, 15) is 23.2 Å². The molecule has 2 N–H and O–H groups in total. The molecule has 0 atom stereocenters. The molecule has 0 saturated carbocycles. The van der Waals surface area contributed by atoms with Gasteiger partial charge in [0.1, 0.15) is 17.2 Å². The molecule has 1 amide bonds. The zero-order valence-corrected chi connectivity index (χ0v) is 13.3. The number of rotatable bonds is 4. The van der Waals surface area contributed by atoms with Gasteiger partial charge in [-0.3, -0.25) is 14.2 Å². The summed E-state index contributed by atoms with van der Waals surface area (Å²) in [5.41, 5.74) is -1.50. The fourth-order valence-corrected chi connectivity index (χ4v) is 2.34. The molecule has 0 radical (unpaired) electrons. The Kier molecular flexibility index (Phi) is 4.74. The lowest BCUT2D eigenvalue weighted by Crippen LogP contribution is -2.39. The average Bonchev–Trinajstić information content (AvgIpc) is 2.62. The van der Waals surface area contributed by atoms with E-state index in [1.54, 1.807) is 0 Å². The maximum atomic E-state index is 13.6. The van der Waals surface area contributed by atoms with Gasteiger partial charge in [0.05, 0.1) is 12.2 Å². The van der Waals surface area contributed by atoms with Gasteiger partial charge in [-0.05, 0) is 29.8 Å². The normalized spacial score (nSPS) is 10.5. The molecule has 0 fully saturated rings. The number of carbonyl (C=O) groups excluding carboxylic acids is 1. The van der Waals surface area contributed by atoms with Crippen LogP contribution in [0.1, 0.15) is 15.9 Å². The van der Waals surface area contributed by atoms with E-state index in [2.05, 4.69) is 10.3 Å². The number of carbonyl (C=O) groups is 1. The van der Waals surface area contributed by atoms with Crippen LogP contribution in [-0.4, -0.2) is 15.5 Å². The molecule has 0 aliphatic carbocycles. The second kappa shape index (κ2) is 7.14. The Labute approximate surface area is 145 Å². The number of aromatic amines is 1. The summed E-state index contributed by atoms with van der Waals surface area (Å²) in [5.74, 6) is -1.96. The molecule has 0 spiro atoms. The summed E-state index contributed by atoms with van der Waals surface area (Å²) in [6, 6.07) is 10.7. The summed E-state index contributed by atoms with van der Waals surface area (Å²) < 4.78 is 27.4. The number of para-hydroxylation sites is 1. The Morgan fingerprint density at radius 1 is 1.04 bits per heavy atom. The summed E-state index contributed by atoms with van der Waals surface area (Å²) in [7, 11) is 0. The van der Waals surface area contributed by atoms with Crippen molar-refractivity contribution in [2.24, 2.45) is 0 Å². The van der Waals surface area contributed by atoms with Gasteiger partial charge in [0.15, 0.2) is 0 Å². The summed E-state index contributed by atoms with van der Waals surface area (Å²) in [6.45, 7) is -0.144. The van der Waals surface area contributed by atoms with Crippen LogP contribution in [0.5, 0.6) is 0 Å². The van der Waals surface area contributed by atoms with Crippen molar-refractivity contribution in [2.45, 2.75) is 6.54 Å². The number of hydrogen-bond acceptors (Lipinski definition) is 3. The lowest BCUT2D eigenvalue weighted by atomic mass is 10.2. The Hall–Kier alpha value is -3.55. The molecule has 0 aliphatic rings. The van der Waals surface area contributed by atoms with Gasteiger partial charge in [-0.15, -0.1) is 0 Å². The van der Waals surface area contributed by atoms with Crippen LogP contribution in [0.4, 0.5) is 14.5 Å². The van der Waals surface area contributed by atoms with Crippen LogP contribution in [-0.2, 0) is 6.54 Å². The Bertz CT molecular complexity index is 1070. The molecule has 8 heteroatoms. The molecule has 1 aromatic heterocycles. The van der Waals surface area contributed by atoms with Crippen LogP contribution in [0.2, 0.25) is 0 Å². The average molecular weight is 357 g/mol. The third kappa shape index (κ3) is 3.59. The molecule has 0 bridgehead atoms. The van der Waals surface area contributed by atoms with Crippen molar-refractivity contribution >= 4 is 11.6 Å². The summed E-state index contributed by atoms with van der Waals surface area (Å²) >= 11 is 0. The highest BCUT2D eigenvalue weighted by Crippen LogP contribution is 2.13. The molecule has 0 saturated heterocycles. The first-order chi connectivity index (χ1) is 12.5. The third-order valence-electron chi connectivity index (χ3n) is 3.68. The number of amides is 1. The van der Waals surface area contributed by atoms with Crippen molar-refractivity contribution in [3.8, 4) is 0 Å². The monoisotopic (exact) mass is 357 g/mol. The lowest BCUT2D eigenvalue weighted by molar-refractivity contribution is 0.102. The van der Waals surface area contributed by atoms with Crippen LogP contribution < -0.4 is 16.6 Å². The second-order valence-corrected chi connectivity index (χ2v) is 5.46. The highest BCUT2D eigenvalue weighted by atomic mass is 19.1. The maximum absolute atomic E-state index is 13.6. The number of benzene rings is 2. The van der Waals surface area contributed by atoms with Crippen LogP contribution in [0.25, 0.3) is 0 Å². The van der Waals surface area contributed by atoms with Crippen molar-refractivity contribution < 1.29 is 13.6 Å². The minimum Gasteiger partial charge on any atom is -0.319 e. The largest absolute Gasteiger partial charge is 0.328 e. The van der Waals surface area contributed by atoms with Crippen LogP contribution in [0.15, 0.2) is 64.3 Å². The van der Waals surface area contributed by atoms with Gasteiger partial charge in [-0.1, -0.05) is 24.3 Å². The van der Waals surface area contributed by atoms with Gasteiger partial charge >= 0.3 is 5.69 Å². The van der Waals surface area contributed by atoms with Crippen molar-refractivity contribution in [1.29, 1.82) is 0 Å². The minimum absolute atomic E-state index is 0.0896. The lowest BCUT2D eigenvalue weighted by Gasteiger charge is -2.09. The van der Waals surface area contributed by atoms with Gasteiger partial charge in [-0.2, -0.15) is 0 Å². The first kappa shape index (κ1) is 17.3. The topological polar surface area (TPSA) is 84.0 Å². The smallest absolute Gasteiger partial charge is 0.319 e. The second-order valence-electron chi connectivity index (χ2n) is 5.46. The SMILES string of the molecule is O=C(Nc1ccccc1F)c1c[nH]c(=O)n(Cc2ccc(F)cc2)c1=O. The fourth-order valence-electron chi connectivity index (χ4n) is 2.34. The molecule has 132 valence electrons. The number of aromatic nitrogens is 2. The molecule has 26 heavy (non-hydrogen) atoms. The first-order valence-corrected chi connectivity index (χ1v) is 7.58. The number of anilines is 1. The summed E-state index contributed by atoms with van der Waals surface area (Å²) in [6.07, 6.45) is 0.974. The van der Waals surface area contributed by atoms with Gasteiger partial charge in [0.25, 0.3) is 11.5 Å². The zero-order chi connectivity index (χ0) is 18.7. The maximum Gasteiger partial charge on any atom is 0.328 e. The van der Waals surface area contributed by atoms with E-state index in [1.807, 2.05) is 0 Å². The first-order valence-electron chi connectivity index (χ1n) is 7.58. The summed E-state index contributed by atoms with van der Waals surface area (Å²) in [5, 5.41) is 2.29. The molecule has 0 unspecified atom stereocenters. The van der Waals surface area contributed by atoms with Crippen LogP contribution in [0.3, 0.4) is 0 Å². The van der Waals surface area contributed by atoms with Crippen molar-refractivity contribution in [3.63, 3.8) is 0 Å². The standard InChI is InChI=1S/C18H13F2N3O3/c19-12-7-5-11(6-8-12)10-23-17(25)13(9-21-18(23)26)16(24)22-15-4-2-1-3-14(15)20/h1-9H,10H2,(H,21,26)(H,22,24). The highest BCUT2D eigenvalue weighted by Gasteiger charge is 2.16. The Morgan fingerprint density at radius 2 is 1.73 bits per heavy atom. The van der Waals surface area contributed by atoms with Crippen molar-refractivity contribution in [2.75, 3.05) is 5.32 Å². The molecule has 2 aromatic carbocycles. The van der Waals surface area contributed by atoms with Crippen LogP contribution >= 0.6 is 0 Å². The molecular formula is C18H13F2N3O3. The van der Waals surface area contributed by atoms with E-state index in [4.69, 9.17) is 0 Å². The van der Waals surface area contributed by atoms with E-state index in [0.29, 0.717) is 5.56 Å². The van der Waals surface area contributed by atoms with Crippen molar-refractivity contribution in [1.82, 2.24) is 9.55 Å². The number of halogens is 2. The zero-order valence-electron chi connectivity index (χ0n) is 13.3. The molecule has 0 aliphatic heterocycles. The molecule has 1 heterocycles. The number of nitrogens with zero attached hydrogens (tertiary/aromatic N) is 1. The highest BCUT2D eigenvalue weighted by molar-refractivity contribution is 6.03. The van der Waals surface area contributed by atoms with Crippen molar-refractivity contribution in [3.05, 3.63) is 98.3 Å².